The maximum absolute atomic E-state index is 13.0. The van der Waals surface area contributed by atoms with E-state index in [0.29, 0.717) is 6.42 Å². The SMILES string of the molecule is CCCCCCCCCCCCCCC/C=C/CC/C=C/C(O)C(COC1OC(CO)C(O)C(O)C1O)NC(=O)CCCCCCCCCCCCCCCCCCCCCCCC. The van der Waals surface area contributed by atoms with Crippen molar-refractivity contribution in [2.45, 2.75) is 307 Å². The molecule has 0 aliphatic carbocycles. The van der Waals surface area contributed by atoms with E-state index in [2.05, 4.69) is 31.3 Å². The summed E-state index contributed by atoms with van der Waals surface area (Å²) in [7, 11) is 0. The minimum atomic E-state index is -1.57. The highest BCUT2D eigenvalue weighted by Crippen LogP contribution is 2.23. The molecule has 1 aliphatic rings. The Bertz CT molecular complexity index is 1060. The molecule has 9 heteroatoms. The van der Waals surface area contributed by atoms with Gasteiger partial charge in [0.25, 0.3) is 0 Å². The molecule has 0 bridgehead atoms. The lowest BCUT2D eigenvalue weighted by Crippen LogP contribution is -2.60. The number of aliphatic hydroxyl groups is 5. The highest BCUT2D eigenvalue weighted by Gasteiger charge is 2.44. The molecule has 7 atom stereocenters. The van der Waals surface area contributed by atoms with Crippen LogP contribution >= 0.6 is 0 Å². The molecule has 0 saturated carbocycles. The molecule has 0 aromatic heterocycles. The summed E-state index contributed by atoms with van der Waals surface area (Å²) in [5.41, 5.74) is 0. The number of ether oxygens (including phenoxy) is 2. The van der Waals surface area contributed by atoms with Crippen LogP contribution in [0.5, 0.6) is 0 Å². The Morgan fingerprint density at radius 3 is 1.31 bits per heavy atom. The zero-order valence-electron chi connectivity index (χ0n) is 41.8. The number of aliphatic hydroxyl groups excluding tert-OH is 5. The van der Waals surface area contributed by atoms with E-state index in [9.17, 15) is 30.3 Å². The van der Waals surface area contributed by atoms with Crippen LogP contribution in [0.4, 0.5) is 0 Å². The first-order chi connectivity index (χ1) is 31.3. The summed E-state index contributed by atoms with van der Waals surface area (Å²) in [5, 5.41) is 54.4. The fourth-order valence-electron chi connectivity index (χ4n) is 8.88. The Hall–Kier alpha value is -1.33. The van der Waals surface area contributed by atoms with Gasteiger partial charge in [0.2, 0.25) is 5.91 Å². The molecule has 1 heterocycles. The molecule has 1 rings (SSSR count). The largest absolute Gasteiger partial charge is 0.394 e. The maximum Gasteiger partial charge on any atom is 0.220 e. The van der Waals surface area contributed by atoms with E-state index < -0.39 is 49.5 Å². The van der Waals surface area contributed by atoms with Crippen LogP contribution in [-0.4, -0.2) is 87.5 Å². The average molecular weight is 908 g/mol. The number of hydrogen-bond acceptors (Lipinski definition) is 8. The van der Waals surface area contributed by atoms with E-state index in [4.69, 9.17) is 9.47 Å². The van der Waals surface area contributed by atoms with Crippen molar-refractivity contribution in [3.8, 4) is 0 Å². The molecule has 0 aromatic rings. The fourth-order valence-corrected chi connectivity index (χ4v) is 8.88. The van der Waals surface area contributed by atoms with Crippen molar-refractivity contribution >= 4 is 5.91 Å². The first-order valence-electron chi connectivity index (χ1n) is 27.6. The van der Waals surface area contributed by atoms with Crippen molar-refractivity contribution in [2.24, 2.45) is 0 Å². The lowest BCUT2D eigenvalue weighted by Gasteiger charge is -2.40. The number of rotatable bonds is 47. The third-order valence-electron chi connectivity index (χ3n) is 13.3. The number of carbonyl (C=O) groups excluding carboxylic acids is 1. The van der Waals surface area contributed by atoms with Crippen LogP contribution in [0.2, 0.25) is 0 Å². The van der Waals surface area contributed by atoms with Crippen molar-refractivity contribution < 1.29 is 39.8 Å². The summed E-state index contributed by atoms with van der Waals surface area (Å²) in [4.78, 5) is 13.0. The van der Waals surface area contributed by atoms with E-state index in [0.717, 1.165) is 38.5 Å². The van der Waals surface area contributed by atoms with Gasteiger partial charge in [-0.3, -0.25) is 4.79 Å². The van der Waals surface area contributed by atoms with Gasteiger partial charge in [-0.05, 0) is 32.1 Å². The van der Waals surface area contributed by atoms with Gasteiger partial charge in [-0.2, -0.15) is 0 Å². The minimum Gasteiger partial charge on any atom is -0.394 e. The number of nitrogens with one attached hydrogen (secondary N) is 1. The van der Waals surface area contributed by atoms with Gasteiger partial charge < -0.3 is 40.3 Å². The summed E-state index contributed by atoms with van der Waals surface area (Å²) < 4.78 is 11.2. The zero-order valence-corrected chi connectivity index (χ0v) is 41.8. The molecule has 9 nitrogen and oxygen atoms in total. The fraction of sp³-hybridized carbons (Fsp3) is 0.909. The number of amides is 1. The average Bonchev–Trinajstić information content (AvgIpc) is 3.29. The van der Waals surface area contributed by atoms with E-state index in [1.165, 1.54) is 205 Å². The van der Waals surface area contributed by atoms with Gasteiger partial charge in [0.15, 0.2) is 6.29 Å². The molecule has 64 heavy (non-hydrogen) atoms. The third-order valence-corrected chi connectivity index (χ3v) is 13.3. The molecular formula is C55H105NO8. The molecule has 1 aliphatic heterocycles. The second-order valence-electron chi connectivity index (χ2n) is 19.4. The van der Waals surface area contributed by atoms with Crippen molar-refractivity contribution in [3.05, 3.63) is 24.3 Å². The first kappa shape index (κ1) is 60.7. The van der Waals surface area contributed by atoms with E-state index in [1.54, 1.807) is 6.08 Å². The molecule has 378 valence electrons. The van der Waals surface area contributed by atoms with Gasteiger partial charge in [0.05, 0.1) is 25.4 Å². The zero-order chi connectivity index (χ0) is 46.6. The van der Waals surface area contributed by atoms with Crippen LogP contribution in [0.25, 0.3) is 0 Å². The van der Waals surface area contributed by atoms with Crippen LogP contribution < -0.4 is 5.32 Å². The van der Waals surface area contributed by atoms with E-state index in [-0.39, 0.29) is 12.5 Å². The van der Waals surface area contributed by atoms with Gasteiger partial charge in [0.1, 0.15) is 24.4 Å². The minimum absolute atomic E-state index is 0.181. The van der Waals surface area contributed by atoms with Crippen molar-refractivity contribution in [2.75, 3.05) is 13.2 Å². The Labute approximate surface area is 394 Å². The Balaban J connectivity index is 2.26. The van der Waals surface area contributed by atoms with Gasteiger partial charge in [-0.1, -0.05) is 250 Å². The van der Waals surface area contributed by atoms with E-state index in [1.807, 2.05) is 6.08 Å². The summed E-state index contributed by atoms with van der Waals surface area (Å²) in [5.74, 6) is -0.181. The summed E-state index contributed by atoms with van der Waals surface area (Å²) in [6.07, 6.45) is 49.5. The smallest absolute Gasteiger partial charge is 0.220 e. The number of carbonyl (C=O) groups is 1. The molecule has 0 spiro atoms. The molecule has 0 radical (unpaired) electrons. The summed E-state index contributed by atoms with van der Waals surface area (Å²) >= 11 is 0. The van der Waals surface area contributed by atoms with Crippen molar-refractivity contribution in [3.63, 3.8) is 0 Å². The van der Waals surface area contributed by atoms with Crippen LogP contribution in [0, 0.1) is 0 Å². The van der Waals surface area contributed by atoms with Crippen molar-refractivity contribution in [1.29, 1.82) is 0 Å². The van der Waals surface area contributed by atoms with Crippen LogP contribution in [-0.2, 0) is 14.3 Å². The quantitative estimate of drug-likeness (QED) is 0.0261. The molecule has 0 aromatic carbocycles. The molecule has 6 N–H and O–H groups in total. The highest BCUT2D eigenvalue weighted by atomic mass is 16.7. The molecule has 1 saturated heterocycles. The second-order valence-corrected chi connectivity index (χ2v) is 19.4. The second kappa shape index (κ2) is 45.5. The molecule has 7 unspecified atom stereocenters. The predicted octanol–water partition coefficient (Wildman–Crippen LogP) is 13.0. The Kier molecular flexibility index (Phi) is 43.1. The van der Waals surface area contributed by atoms with Gasteiger partial charge in [-0.25, -0.2) is 0 Å². The Morgan fingerprint density at radius 1 is 0.516 bits per heavy atom. The van der Waals surface area contributed by atoms with Crippen LogP contribution in [0.15, 0.2) is 24.3 Å². The van der Waals surface area contributed by atoms with E-state index >= 15 is 0 Å². The van der Waals surface area contributed by atoms with Gasteiger partial charge in [-0.15, -0.1) is 0 Å². The molecular weight excluding hydrogens is 803 g/mol. The lowest BCUT2D eigenvalue weighted by molar-refractivity contribution is -0.302. The number of hydrogen-bond donors (Lipinski definition) is 6. The first-order valence-corrected chi connectivity index (χ1v) is 27.6. The number of allylic oxidation sites excluding steroid dienone is 3. The maximum atomic E-state index is 13.0. The van der Waals surface area contributed by atoms with Crippen molar-refractivity contribution in [1.82, 2.24) is 5.32 Å². The third kappa shape index (κ3) is 34.9. The summed E-state index contributed by atoms with van der Waals surface area (Å²) in [6.45, 7) is 3.79. The highest BCUT2D eigenvalue weighted by molar-refractivity contribution is 5.76. The van der Waals surface area contributed by atoms with Gasteiger partial charge >= 0.3 is 0 Å². The lowest BCUT2D eigenvalue weighted by atomic mass is 9.99. The molecule has 1 amide bonds. The Morgan fingerprint density at radius 2 is 0.891 bits per heavy atom. The van der Waals surface area contributed by atoms with Gasteiger partial charge in [0, 0.05) is 6.42 Å². The predicted molar refractivity (Wildman–Crippen MR) is 267 cm³/mol. The van der Waals surface area contributed by atoms with Crippen LogP contribution in [0.3, 0.4) is 0 Å². The normalized spacial score (nSPS) is 20.1. The van der Waals surface area contributed by atoms with Crippen LogP contribution in [0.1, 0.15) is 264 Å². The standard InChI is InChI=1S/C55H105NO8/c1-3-5-7-9-11-13-15-17-19-21-23-24-25-27-29-31-33-35-37-39-41-43-45-51(59)56-48(47-63-55-54(62)53(61)52(60)50(46-57)64-55)49(58)44-42-40-38-36-34-32-30-28-26-22-20-18-16-14-12-10-8-6-4-2/h34,36,42,44,48-50,52-55,57-58,60-62H,3-33,35,37-41,43,45-47H2,1-2H3,(H,56,59)/b36-34+,44-42+. The topological polar surface area (TPSA) is 149 Å². The number of unbranched alkanes of at least 4 members (excludes halogenated alkanes) is 35. The molecule has 1 fully saturated rings. The summed E-state index contributed by atoms with van der Waals surface area (Å²) in [6, 6.07) is -0.818. The monoisotopic (exact) mass is 908 g/mol.